The molecule has 42 heavy (non-hydrogen) atoms. The molecule has 4 atom stereocenters. The van der Waals surface area contributed by atoms with Crippen molar-refractivity contribution in [2.24, 2.45) is 29.4 Å². The Labute approximate surface area is 258 Å². The quantitative estimate of drug-likeness (QED) is 0.166. The average molecular weight is 609 g/mol. The van der Waals surface area contributed by atoms with Crippen LogP contribution in [0, 0.1) is 23.7 Å². The lowest BCUT2D eigenvalue weighted by Crippen LogP contribution is -2.45. The van der Waals surface area contributed by atoms with Gasteiger partial charge in [0.05, 0.1) is 18.3 Å². The molecule has 1 aliphatic rings. The number of rotatable bonds is 20. The Kier molecular flexibility index (Phi) is 17.5. The number of ether oxygens (including phenoxy) is 2. The Balaban J connectivity index is 1.87. The first-order valence-corrected chi connectivity index (χ1v) is 16.8. The van der Waals surface area contributed by atoms with E-state index in [0.717, 1.165) is 44.0 Å². The van der Waals surface area contributed by atoms with E-state index in [1.165, 1.54) is 0 Å². The smallest absolute Gasteiger partial charge is 0.255 e. The van der Waals surface area contributed by atoms with E-state index in [-0.39, 0.29) is 35.5 Å². The third-order valence-electron chi connectivity index (χ3n) is 8.14. The van der Waals surface area contributed by atoms with Gasteiger partial charge in [-0.2, -0.15) is 11.8 Å². The van der Waals surface area contributed by atoms with Gasteiger partial charge in [-0.3, -0.25) is 14.5 Å². The van der Waals surface area contributed by atoms with Crippen LogP contribution in [0.5, 0.6) is 5.75 Å². The zero-order valence-electron chi connectivity index (χ0n) is 26.5. The summed E-state index contributed by atoms with van der Waals surface area (Å²) >= 11 is 1.97. The summed E-state index contributed by atoms with van der Waals surface area (Å²) in [6.45, 7) is 13.4. The van der Waals surface area contributed by atoms with Gasteiger partial charge in [-0.05, 0) is 55.6 Å². The topological polar surface area (TPSA) is 126 Å². The van der Waals surface area contributed by atoms with E-state index in [1.807, 2.05) is 43.8 Å². The number of carbonyl (C=O) groups excluding carboxylic acids is 2. The summed E-state index contributed by atoms with van der Waals surface area (Å²) in [5.41, 5.74) is 7.00. The van der Waals surface area contributed by atoms with Crippen molar-refractivity contribution in [3.63, 3.8) is 0 Å². The number of thioether (sulfide) groups is 1. The fraction of sp³-hybridized carbons (Fsp3) is 0.750. The van der Waals surface area contributed by atoms with Crippen LogP contribution < -0.4 is 21.1 Å². The molecule has 0 radical (unpaired) electrons. The largest absolute Gasteiger partial charge is 0.493 e. The van der Waals surface area contributed by atoms with Crippen molar-refractivity contribution in [3.8, 4) is 5.75 Å². The molecule has 0 spiro atoms. The zero-order chi connectivity index (χ0) is 30.9. The number of aliphatic hydroxyl groups excluding tert-OH is 1. The number of amides is 2. The molecule has 1 fully saturated rings. The van der Waals surface area contributed by atoms with E-state index in [1.54, 1.807) is 13.2 Å². The molecule has 1 aromatic carbocycles. The van der Waals surface area contributed by atoms with Crippen molar-refractivity contribution in [2.75, 3.05) is 64.6 Å². The SMILES string of the molecule is COCCCCOc1ccccc1C(=O)NC[C@@H](C[C@H](N)[C@@H](O)C[C@H](C(=O)NCCN1CCSCC1)C(C)C)C(C)C. The molecule has 0 unspecified atom stereocenters. The van der Waals surface area contributed by atoms with Gasteiger partial charge in [0.2, 0.25) is 5.91 Å². The Morgan fingerprint density at radius 3 is 2.38 bits per heavy atom. The molecule has 9 nitrogen and oxygen atoms in total. The lowest BCUT2D eigenvalue weighted by Gasteiger charge is -2.30. The second kappa shape index (κ2) is 20.2. The summed E-state index contributed by atoms with van der Waals surface area (Å²) < 4.78 is 11.0. The van der Waals surface area contributed by atoms with Crippen LogP contribution in [-0.2, 0) is 9.53 Å². The number of aliphatic hydroxyl groups is 1. The van der Waals surface area contributed by atoms with E-state index in [2.05, 4.69) is 29.4 Å². The van der Waals surface area contributed by atoms with E-state index < -0.39 is 12.1 Å². The summed E-state index contributed by atoms with van der Waals surface area (Å²) in [5.74, 6) is 2.72. The molecule has 5 N–H and O–H groups in total. The van der Waals surface area contributed by atoms with Crippen molar-refractivity contribution >= 4 is 23.6 Å². The minimum absolute atomic E-state index is 0.0186. The van der Waals surface area contributed by atoms with Crippen LogP contribution in [-0.4, -0.2) is 98.5 Å². The molecule has 0 aromatic heterocycles. The molecule has 2 amide bonds. The number of methoxy groups -OCH3 is 1. The molecular weight excluding hydrogens is 552 g/mol. The number of hydrogen-bond acceptors (Lipinski definition) is 8. The number of carbonyl (C=O) groups is 2. The first-order valence-electron chi connectivity index (χ1n) is 15.6. The van der Waals surface area contributed by atoms with Gasteiger partial charge in [0.25, 0.3) is 5.91 Å². The number of para-hydroxylation sites is 1. The van der Waals surface area contributed by atoms with Gasteiger partial charge in [0.1, 0.15) is 5.75 Å². The van der Waals surface area contributed by atoms with Crippen LogP contribution in [0.15, 0.2) is 24.3 Å². The molecule has 240 valence electrons. The van der Waals surface area contributed by atoms with E-state index in [9.17, 15) is 14.7 Å². The summed E-state index contributed by atoms with van der Waals surface area (Å²) in [6, 6.07) is 6.76. The predicted molar refractivity (Wildman–Crippen MR) is 172 cm³/mol. The van der Waals surface area contributed by atoms with Crippen LogP contribution in [0.25, 0.3) is 0 Å². The van der Waals surface area contributed by atoms with E-state index in [0.29, 0.717) is 50.5 Å². The first-order chi connectivity index (χ1) is 20.1. The van der Waals surface area contributed by atoms with E-state index in [4.69, 9.17) is 15.2 Å². The second-order valence-corrected chi connectivity index (χ2v) is 13.3. The molecule has 1 aromatic rings. The maximum atomic E-state index is 13.1. The fourth-order valence-electron chi connectivity index (χ4n) is 5.14. The highest BCUT2D eigenvalue weighted by Gasteiger charge is 2.30. The number of nitrogens with zero attached hydrogens (tertiary/aromatic N) is 1. The molecule has 2 rings (SSSR count). The number of nitrogens with two attached hydrogens (primary N) is 1. The van der Waals surface area contributed by atoms with Crippen LogP contribution in [0.4, 0.5) is 0 Å². The Morgan fingerprint density at radius 2 is 1.71 bits per heavy atom. The van der Waals surface area contributed by atoms with E-state index >= 15 is 0 Å². The number of nitrogens with one attached hydrogen (secondary N) is 2. The lowest BCUT2D eigenvalue weighted by molar-refractivity contribution is -0.127. The number of benzene rings is 1. The Morgan fingerprint density at radius 1 is 1.02 bits per heavy atom. The van der Waals surface area contributed by atoms with Gasteiger partial charge >= 0.3 is 0 Å². The molecule has 0 aliphatic carbocycles. The molecule has 0 bridgehead atoms. The minimum atomic E-state index is -0.813. The van der Waals surface area contributed by atoms with Gasteiger partial charge in [-0.15, -0.1) is 0 Å². The van der Waals surface area contributed by atoms with Gasteiger partial charge in [0, 0.05) is 69.9 Å². The molecule has 10 heteroatoms. The summed E-state index contributed by atoms with van der Waals surface area (Å²) in [7, 11) is 1.68. The average Bonchev–Trinajstić information content (AvgIpc) is 2.97. The molecule has 1 heterocycles. The number of unbranched alkanes of at least 4 members (excludes halogenated alkanes) is 1. The summed E-state index contributed by atoms with van der Waals surface area (Å²) in [5, 5.41) is 17.2. The minimum Gasteiger partial charge on any atom is -0.493 e. The summed E-state index contributed by atoms with van der Waals surface area (Å²) in [6.07, 6.45) is 1.78. The first kappa shape index (κ1) is 36.3. The highest BCUT2D eigenvalue weighted by atomic mass is 32.2. The third-order valence-corrected chi connectivity index (χ3v) is 9.08. The zero-order valence-corrected chi connectivity index (χ0v) is 27.3. The van der Waals surface area contributed by atoms with Crippen molar-refractivity contribution in [3.05, 3.63) is 29.8 Å². The predicted octanol–water partition coefficient (Wildman–Crippen LogP) is 3.40. The van der Waals surface area contributed by atoms with Crippen molar-refractivity contribution in [1.29, 1.82) is 0 Å². The molecule has 1 saturated heterocycles. The molecule has 0 saturated carbocycles. The fourth-order valence-corrected chi connectivity index (χ4v) is 6.12. The van der Waals surface area contributed by atoms with Crippen LogP contribution in [0.1, 0.15) is 63.7 Å². The molecular formula is C32H56N4O5S. The maximum absolute atomic E-state index is 13.1. The lowest BCUT2D eigenvalue weighted by atomic mass is 9.83. The van der Waals surface area contributed by atoms with Crippen LogP contribution in [0.3, 0.4) is 0 Å². The van der Waals surface area contributed by atoms with Gasteiger partial charge in [-0.25, -0.2) is 0 Å². The van der Waals surface area contributed by atoms with Crippen molar-refractivity contribution < 1.29 is 24.2 Å². The second-order valence-electron chi connectivity index (χ2n) is 12.1. The number of hydrogen-bond donors (Lipinski definition) is 4. The van der Waals surface area contributed by atoms with Gasteiger partial charge in [-0.1, -0.05) is 39.8 Å². The third kappa shape index (κ3) is 13.2. The van der Waals surface area contributed by atoms with Crippen LogP contribution in [0.2, 0.25) is 0 Å². The van der Waals surface area contributed by atoms with Crippen molar-refractivity contribution in [1.82, 2.24) is 15.5 Å². The normalized spacial score (nSPS) is 17.1. The Bertz CT molecular complexity index is 913. The maximum Gasteiger partial charge on any atom is 0.255 e. The molecule has 1 aliphatic heterocycles. The van der Waals surface area contributed by atoms with Crippen LogP contribution >= 0.6 is 11.8 Å². The van der Waals surface area contributed by atoms with Gasteiger partial charge < -0.3 is 30.9 Å². The Hall–Kier alpha value is -1.85. The monoisotopic (exact) mass is 608 g/mol. The standard InChI is InChI=1S/C32H56N4O5S/c1-23(2)25(22-35-31(38)26-10-6-7-11-30(26)41-17-9-8-16-40-5)20-28(33)29(37)21-27(24(3)4)32(39)34-12-13-36-14-18-42-19-15-36/h6-7,10-11,23-25,27-29,37H,8-9,12-22,33H2,1-5H3,(H,34,39)(H,35,38)/t25-,27+,28+,29+/m1/s1. The van der Waals surface area contributed by atoms with Gasteiger partial charge in [0.15, 0.2) is 0 Å². The summed E-state index contributed by atoms with van der Waals surface area (Å²) in [4.78, 5) is 28.5. The van der Waals surface area contributed by atoms with Crippen molar-refractivity contribution in [2.45, 2.75) is 65.5 Å². The highest BCUT2D eigenvalue weighted by Crippen LogP contribution is 2.24. The highest BCUT2D eigenvalue weighted by molar-refractivity contribution is 7.99.